The Hall–Kier alpha value is -1.39. The molecule has 0 aliphatic heterocycles. The van der Waals surface area contributed by atoms with E-state index in [4.69, 9.17) is 11.6 Å². The Labute approximate surface area is 152 Å². The lowest BCUT2D eigenvalue weighted by Gasteiger charge is -2.08. The van der Waals surface area contributed by atoms with E-state index in [0.29, 0.717) is 16.8 Å². The third-order valence-electron chi connectivity index (χ3n) is 3.27. The maximum atomic E-state index is 12.8. The van der Waals surface area contributed by atoms with Gasteiger partial charge in [0.1, 0.15) is 5.82 Å². The highest BCUT2D eigenvalue weighted by atomic mass is 127. The van der Waals surface area contributed by atoms with Gasteiger partial charge in [-0.15, -0.1) is 0 Å². The summed E-state index contributed by atoms with van der Waals surface area (Å²) in [5.41, 5.74) is 0.980. The van der Waals surface area contributed by atoms with Crippen LogP contribution in [0, 0.1) is 3.57 Å². The molecule has 0 unspecified atom stereocenters. The summed E-state index contributed by atoms with van der Waals surface area (Å²) in [6.45, 7) is 0. The summed E-state index contributed by atoms with van der Waals surface area (Å²) >= 11 is 7.98. The summed E-state index contributed by atoms with van der Waals surface area (Å²) in [5.74, 6) is 0.377. The third-order valence-corrected chi connectivity index (χ3v) is 5.83. The second kappa shape index (κ2) is 6.25. The van der Waals surface area contributed by atoms with E-state index in [1.54, 1.807) is 31.3 Å². The van der Waals surface area contributed by atoms with E-state index < -0.39 is 10.0 Å². The lowest BCUT2D eigenvalue weighted by atomic mass is 10.2. The molecule has 3 aromatic rings. The molecule has 0 fully saturated rings. The molecule has 0 saturated heterocycles. The number of fused-ring (bicyclic) bond motifs is 1. The van der Waals surface area contributed by atoms with Crippen LogP contribution in [0.15, 0.2) is 36.5 Å². The molecule has 3 rings (SSSR count). The van der Waals surface area contributed by atoms with Crippen LogP contribution in [-0.2, 0) is 15.8 Å². The Morgan fingerprint density at radius 1 is 1.26 bits per heavy atom. The van der Waals surface area contributed by atoms with E-state index in [2.05, 4.69) is 37.9 Å². The van der Waals surface area contributed by atoms with Crippen molar-refractivity contribution in [2.24, 2.45) is 0 Å². The highest BCUT2D eigenvalue weighted by molar-refractivity contribution is 14.1. The lowest BCUT2D eigenvalue weighted by Crippen LogP contribution is -2.15. The molecular weight excluding hydrogens is 451 g/mol. The van der Waals surface area contributed by atoms with Crippen molar-refractivity contribution in [3.8, 4) is 0 Å². The monoisotopic (exact) mass is 462 g/mol. The molecule has 0 saturated carbocycles. The van der Waals surface area contributed by atoms with Gasteiger partial charge in [0, 0.05) is 16.8 Å². The second-order valence-electron chi connectivity index (χ2n) is 4.80. The Balaban J connectivity index is 2.18. The molecule has 23 heavy (non-hydrogen) atoms. The van der Waals surface area contributed by atoms with E-state index in [-0.39, 0.29) is 16.7 Å². The fourth-order valence-corrected chi connectivity index (χ4v) is 4.82. The molecule has 9 heteroatoms. The topological polar surface area (TPSA) is 76.9 Å². The van der Waals surface area contributed by atoms with Crippen molar-refractivity contribution < 1.29 is 8.42 Å². The number of benzene rings is 1. The predicted molar refractivity (Wildman–Crippen MR) is 99.3 cm³/mol. The van der Waals surface area contributed by atoms with Crippen molar-refractivity contribution in [2.75, 3.05) is 12.4 Å². The van der Waals surface area contributed by atoms with Gasteiger partial charge in [-0.2, -0.15) is 4.98 Å². The van der Waals surface area contributed by atoms with Gasteiger partial charge in [-0.05, 0) is 39.8 Å². The van der Waals surface area contributed by atoms with Crippen LogP contribution < -0.4 is 5.32 Å². The first-order valence-corrected chi connectivity index (χ1v) is 9.68. The van der Waals surface area contributed by atoms with Gasteiger partial charge in [-0.1, -0.05) is 30.3 Å². The fourth-order valence-electron chi connectivity index (χ4n) is 2.28. The first kappa shape index (κ1) is 16.5. The zero-order valence-electron chi connectivity index (χ0n) is 12.0. The van der Waals surface area contributed by atoms with Gasteiger partial charge < -0.3 is 5.32 Å². The molecule has 0 atom stereocenters. The van der Waals surface area contributed by atoms with Crippen molar-refractivity contribution in [3.05, 3.63) is 50.9 Å². The quantitative estimate of drug-likeness (QED) is 0.476. The number of anilines is 1. The summed E-state index contributed by atoms with van der Waals surface area (Å²) in [7, 11) is -1.93. The minimum absolute atomic E-state index is 0.00693. The molecule has 0 aliphatic carbocycles. The summed E-state index contributed by atoms with van der Waals surface area (Å²) in [5, 5.41) is 3.54. The van der Waals surface area contributed by atoms with Crippen molar-refractivity contribution in [3.63, 3.8) is 0 Å². The number of aromatic nitrogens is 3. The van der Waals surface area contributed by atoms with Crippen LogP contribution in [0.3, 0.4) is 0 Å². The molecule has 2 aromatic heterocycles. The van der Waals surface area contributed by atoms with E-state index >= 15 is 0 Å². The molecule has 0 bridgehead atoms. The smallest absolute Gasteiger partial charge is 0.244 e. The van der Waals surface area contributed by atoms with Gasteiger partial charge in [-0.25, -0.2) is 17.4 Å². The van der Waals surface area contributed by atoms with Gasteiger partial charge in [-0.3, -0.25) is 0 Å². The normalized spacial score (nSPS) is 11.8. The molecule has 0 aliphatic rings. The minimum Gasteiger partial charge on any atom is -0.372 e. The lowest BCUT2D eigenvalue weighted by molar-refractivity contribution is 0.588. The molecule has 1 N–H and O–H groups in total. The summed E-state index contributed by atoms with van der Waals surface area (Å²) in [4.78, 5) is 8.20. The number of rotatable bonds is 4. The third kappa shape index (κ3) is 3.15. The number of nitrogens with one attached hydrogen (secondary N) is 1. The van der Waals surface area contributed by atoms with Crippen LogP contribution in [0.2, 0.25) is 5.28 Å². The minimum atomic E-state index is -3.63. The zero-order valence-corrected chi connectivity index (χ0v) is 15.7. The van der Waals surface area contributed by atoms with E-state index in [0.717, 1.165) is 3.57 Å². The summed E-state index contributed by atoms with van der Waals surface area (Å²) in [6, 6.07) is 9.00. The van der Waals surface area contributed by atoms with Crippen LogP contribution in [0.25, 0.3) is 11.0 Å². The number of hydrogen-bond acceptors (Lipinski definition) is 5. The Morgan fingerprint density at radius 2 is 1.96 bits per heavy atom. The summed E-state index contributed by atoms with van der Waals surface area (Å²) in [6.07, 6.45) is 1.54. The van der Waals surface area contributed by atoms with Crippen molar-refractivity contribution in [2.45, 2.75) is 5.75 Å². The van der Waals surface area contributed by atoms with Crippen molar-refractivity contribution in [1.29, 1.82) is 0 Å². The highest BCUT2D eigenvalue weighted by Crippen LogP contribution is 2.30. The Morgan fingerprint density at radius 3 is 2.61 bits per heavy atom. The molecule has 120 valence electrons. The van der Waals surface area contributed by atoms with Crippen LogP contribution in [0.1, 0.15) is 5.56 Å². The standard InChI is InChI=1S/C14H12ClIN4O2S/c1-17-12-11-10(16)7-20(13(11)19-14(15)18-12)23(21,22)8-9-5-3-2-4-6-9/h2-7H,8H2,1H3,(H,17,18,19). The molecule has 0 radical (unpaired) electrons. The van der Waals surface area contributed by atoms with Crippen LogP contribution in [-0.4, -0.2) is 29.4 Å². The van der Waals surface area contributed by atoms with Crippen LogP contribution in [0.5, 0.6) is 0 Å². The Bertz CT molecular complexity index is 973. The largest absolute Gasteiger partial charge is 0.372 e. The van der Waals surface area contributed by atoms with Crippen molar-refractivity contribution >= 4 is 61.1 Å². The van der Waals surface area contributed by atoms with Gasteiger partial charge in [0.25, 0.3) is 0 Å². The van der Waals surface area contributed by atoms with Crippen molar-refractivity contribution in [1.82, 2.24) is 13.9 Å². The van der Waals surface area contributed by atoms with Gasteiger partial charge in [0.15, 0.2) is 5.65 Å². The second-order valence-corrected chi connectivity index (χ2v) is 8.15. The SMILES string of the molecule is CNc1nc(Cl)nc2c1c(I)cn2S(=O)(=O)Cc1ccccc1. The average Bonchev–Trinajstić information content (AvgIpc) is 2.85. The molecule has 0 spiro atoms. The zero-order chi connectivity index (χ0) is 16.6. The van der Waals surface area contributed by atoms with Crippen LogP contribution >= 0.6 is 34.2 Å². The molecule has 2 heterocycles. The van der Waals surface area contributed by atoms with E-state index in [1.807, 2.05) is 6.07 Å². The number of halogens is 2. The fraction of sp³-hybridized carbons (Fsp3) is 0.143. The van der Waals surface area contributed by atoms with Gasteiger partial charge in [0.05, 0.1) is 11.1 Å². The number of hydrogen-bond donors (Lipinski definition) is 1. The molecule has 1 aromatic carbocycles. The average molecular weight is 463 g/mol. The van der Waals surface area contributed by atoms with E-state index in [9.17, 15) is 8.42 Å². The molecule has 0 amide bonds. The van der Waals surface area contributed by atoms with E-state index in [1.165, 1.54) is 10.2 Å². The predicted octanol–water partition coefficient (Wildman–Crippen LogP) is 3.11. The molecule has 6 nitrogen and oxygen atoms in total. The molecular formula is C14H12ClIN4O2S. The van der Waals surface area contributed by atoms with Crippen LogP contribution in [0.4, 0.5) is 5.82 Å². The maximum Gasteiger partial charge on any atom is 0.244 e. The van der Waals surface area contributed by atoms with Gasteiger partial charge in [0.2, 0.25) is 15.3 Å². The maximum absolute atomic E-state index is 12.8. The first-order chi connectivity index (χ1) is 10.9. The highest BCUT2D eigenvalue weighted by Gasteiger charge is 2.22. The number of nitrogens with zero attached hydrogens (tertiary/aromatic N) is 3. The van der Waals surface area contributed by atoms with Gasteiger partial charge >= 0.3 is 0 Å². The first-order valence-electron chi connectivity index (χ1n) is 6.61. The Kier molecular flexibility index (Phi) is 4.47. The summed E-state index contributed by atoms with van der Waals surface area (Å²) < 4.78 is 27.5.